The van der Waals surface area contributed by atoms with Crippen LogP contribution in [0.5, 0.6) is 0 Å². The molecule has 2 unspecified atom stereocenters. The van der Waals surface area contributed by atoms with Gasteiger partial charge in [0.05, 0.1) is 0 Å². The predicted octanol–water partition coefficient (Wildman–Crippen LogP) is 2.19. The second kappa shape index (κ2) is 6.89. The van der Waals surface area contributed by atoms with Gasteiger partial charge in [-0.25, -0.2) is 0 Å². The molecule has 16 heavy (non-hydrogen) atoms. The van der Waals surface area contributed by atoms with Gasteiger partial charge in [0.1, 0.15) is 0 Å². The number of piperidine rings is 1. The van der Waals surface area contributed by atoms with Crippen molar-refractivity contribution in [2.24, 2.45) is 5.92 Å². The molecule has 1 saturated heterocycles. The van der Waals surface area contributed by atoms with Crippen LogP contribution in [0.25, 0.3) is 0 Å². The molecular weight excluding hydrogens is 202 g/mol. The van der Waals surface area contributed by atoms with Crippen molar-refractivity contribution in [3.63, 3.8) is 0 Å². The zero-order valence-electron chi connectivity index (χ0n) is 10.6. The Morgan fingerprint density at radius 3 is 2.88 bits per heavy atom. The summed E-state index contributed by atoms with van der Waals surface area (Å²) in [5.74, 6) is 0.761. The van der Waals surface area contributed by atoms with E-state index in [1.165, 1.54) is 6.42 Å². The average molecular weight is 227 g/mol. The molecule has 0 aromatic heterocycles. The molecule has 3 nitrogen and oxygen atoms in total. The fraction of sp³-hybridized carbons (Fsp3) is 0.923. The highest BCUT2D eigenvalue weighted by molar-refractivity contribution is 5.76. The van der Waals surface area contributed by atoms with Crippen LogP contribution in [0.3, 0.4) is 0 Å². The summed E-state index contributed by atoms with van der Waals surface area (Å²) in [6.07, 6.45) is 5.84. The number of carbonyl (C=O) groups excluding carboxylic acids is 1. The van der Waals surface area contributed by atoms with Crippen molar-refractivity contribution in [2.75, 3.05) is 13.2 Å². The zero-order chi connectivity index (χ0) is 12.0. The first-order chi connectivity index (χ1) is 7.69. The maximum absolute atomic E-state index is 12.1. The molecule has 3 heteroatoms. The maximum atomic E-state index is 12.1. The lowest BCUT2D eigenvalue weighted by atomic mass is 9.97. The SMILES string of the molecule is CCC(C)CC(=O)N1CCCCC1CCO. The fourth-order valence-electron chi connectivity index (χ4n) is 2.34. The number of aliphatic hydroxyl groups is 1. The molecule has 0 radical (unpaired) electrons. The van der Waals surface area contributed by atoms with Gasteiger partial charge in [0.25, 0.3) is 0 Å². The molecule has 2 atom stereocenters. The Labute approximate surface area is 98.8 Å². The Morgan fingerprint density at radius 2 is 2.25 bits per heavy atom. The number of amides is 1. The van der Waals surface area contributed by atoms with Crippen LogP contribution in [0.4, 0.5) is 0 Å². The van der Waals surface area contributed by atoms with Gasteiger partial charge in [-0.2, -0.15) is 0 Å². The molecule has 0 aromatic rings. The van der Waals surface area contributed by atoms with Gasteiger partial charge < -0.3 is 10.0 Å². The van der Waals surface area contributed by atoms with Crippen molar-refractivity contribution < 1.29 is 9.90 Å². The number of nitrogens with zero attached hydrogens (tertiary/aromatic N) is 1. The molecule has 1 fully saturated rings. The van der Waals surface area contributed by atoms with Gasteiger partial charge in [0.2, 0.25) is 5.91 Å². The highest BCUT2D eigenvalue weighted by Crippen LogP contribution is 2.21. The van der Waals surface area contributed by atoms with Crippen molar-refractivity contribution in [3.8, 4) is 0 Å². The lowest BCUT2D eigenvalue weighted by Gasteiger charge is -2.36. The summed E-state index contributed by atoms with van der Waals surface area (Å²) < 4.78 is 0. The minimum absolute atomic E-state index is 0.192. The van der Waals surface area contributed by atoms with Gasteiger partial charge >= 0.3 is 0 Å². The third-order valence-corrected chi connectivity index (χ3v) is 3.63. The van der Waals surface area contributed by atoms with E-state index < -0.39 is 0 Å². The number of hydrogen-bond acceptors (Lipinski definition) is 2. The van der Waals surface area contributed by atoms with Crippen molar-refractivity contribution in [3.05, 3.63) is 0 Å². The molecule has 1 aliphatic rings. The number of likely N-dealkylation sites (tertiary alicyclic amines) is 1. The summed E-state index contributed by atoms with van der Waals surface area (Å²) in [7, 11) is 0. The second-order valence-corrected chi connectivity index (χ2v) is 4.97. The Hall–Kier alpha value is -0.570. The quantitative estimate of drug-likeness (QED) is 0.782. The standard InChI is InChI=1S/C13H25NO2/c1-3-11(2)10-13(16)14-8-5-4-6-12(14)7-9-15/h11-12,15H,3-10H2,1-2H3. The first-order valence-corrected chi connectivity index (χ1v) is 6.59. The molecule has 0 aliphatic carbocycles. The largest absolute Gasteiger partial charge is 0.396 e. The molecule has 1 heterocycles. The van der Waals surface area contributed by atoms with Gasteiger partial charge in [0, 0.05) is 25.6 Å². The highest BCUT2D eigenvalue weighted by Gasteiger charge is 2.26. The lowest BCUT2D eigenvalue weighted by molar-refractivity contribution is -0.136. The van der Waals surface area contributed by atoms with E-state index in [4.69, 9.17) is 5.11 Å². The molecule has 1 amide bonds. The Morgan fingerprint density at radius 1 is 1.50 bits per heavy atom. The summed E-state index contributed by atoms with van der Waals surface area (Å²) in [5, 5.41) is 9.01. The van der Waals surface area contributed by atoms with Crippen LogP contribution in [0.2, 0.25) is 0 Å². The monoisotopic (exact) mass is 227 g/mol. The lowest BCUT2D eigenvalue weighted by Crippen LogP contribution is -2.44. The minimum Gasteiger partial charge on any atom is -0.396 e. The molecule has 94 valence electrons. The van der Waals surface area contributed by atoms with Crippen LogP contribution in [-0.4, -0.2) is 35.1 Å². The number of hydrogen-bond donors (Lipinski definition) is 1. The number of carbonyl (C=O) groups is 1. The van der Waals surface area contributed by atoms with Gasteiger partial charge in [-0.3, -0.25) is 4.79 Å². The van der Waals surface area contributed by atoms with Crippen molar-refractivity contribution >= 4 is 5.91 Å². The van der Waals surface area contributed by atoms with E-state index in [0.29, 0.717) is 12.3 Å². The Bertz CT molecular complexity index is 216. The van der Waals surface area contributed by atoms with Crippen LogP contribution in [0, 0.1) is 5.92 Å². The second-order valence-electron chi connectivity index (χ2n) is 4.97. The molecule has 1 rings (SSSR count). The van der Waals surface area contributed by atoms with Gasteiger partial charge in [-0.05, 0) is 31.6 Å². The maximum Gasteiger partial charge on any atom is 0.223 e. The summed E-state index contributed by atoms with van der Waals surface area (Å²) in [5.41, 5.74) is 0. The fourth-order valence-corrected chi connectivity index (χ4v) is 2.34. The summed E-state index contributed by atoms with van der Waals surface area (Å²) in [6.45, 7) is 5.33. The summed E-state index contributed by atoms with van der Waals surface area (Å²) in [6, 6.07) is 0.287. The number of aliphatic hydroxyl groups excluding tert-OH is 1. The van der Waals surface area contributed by atoms with Crippen LogP contribution in [0.15, 0.2) is 0 Å². The van der Waals surface area contributed by atoms with Crippen LogP contribution in [0.1, 0.15) is 52.4 Å². The van der Waals surface area contributed by atoms with E-state index in [-0.39, 0.29) is 18.6 Å². The van der Waals surface area contributed by atoms with Gasteiger partial charge in [0.15, 0.2) is 0 Å². The molecule has 1 N–H and O–H groups in total. The minimum atomic E-state index is 0.192. The Balaban J connectivity index is 2.50. The zero-order valence-corrected chi connectivity index (χ0v) is 10.6. The average Bonchev–Trinajstić information content (AvgIpc) is 2.30. The topological polar surface area (TPSA) is 40.5 Å². The van der Waals surface area contributed by atoms with Crippen LogP contribution >= 0.6 is 0 Å². The first kappa shape index (κ1) is 13.5. The summed E-state index contributed by atoms with van der Waals surface area (Å²) >= 11 is 0. The van der Waals surface area contributed by atoms with E-state index >= 15 is 0 Å². The normalized spacial score (nSPS) is 23.2. The van der Waals surface area contributed by atoms with E-state index in [1.54, 1.807) is 0 Å². The molecule has 0 bridgehead atoms. The van der Waals surface area contributed by atoms with Crippen molar-refractivity contribution in [2.45, 2.75) is 58.4 Å². The smallest absolute Gasteiger partial charge is 0.223 e. The highest BCUT2D eigenvalue weighted by atomic mass is 16.3. The molecule has 0 saturated carbocycles. The molecular formula is C13H25NO2. The van der Waals surface area contributed by atoms with E-state index in [1.807, 2.05) is 4.90 Å². The Kier molecular flexibility index (Phi) is 5.81. The predicted molar refractivity (Wildman–Crippen MR) is 65.1 cm³/mol. The van der Waals surface area contributed by atoms with E-state index in [9.17, 15) is 4.79 Å². The molecule has 1 aliphatic heterocycles. The third kappa shape index (κ3) is 3.78. The van der Waals surface area contributed by atoms with Crippen molar-refractivity contribution in [1.29, 1.82) is 0 Å². The summed E-state index contributed by atoms with van der Waals surface area (Å²) in [4.78, 5) is 14.1. The van der Waals surface area contributed by atoms with Gasteiger partial charge in [-0.15, -0.1) is 0 Å². The third-order valence-electron chi connectivity index (χ3n) is 3.63. The van der Waals surface area contributed by atoms with Crippen LogP contribution < -0.4 is 0 Å². The van der Waals surface area contributed by atoms with E-state index in [2.05, 4.69) is 13.8 Å². The number of rotatable bonds is 5. The molecule has 0 aromatic carbocycles. The molecule has 0 spiro atoms. The van der Waals surface area contributed by atoms with Crippen LogP contribution in [-0.2, 0) is 4.79 Å². The first-order valence-electron chi connectivity index (χ1n) is 6.59. The van der Waals surface area contributed by atoms with Gasteiger partial charge in [-0.1, -0.05) is 20.3 Å². The van der Waals surface area contributed by atoms with Crippen molar-refractivity contribution in [1.82, 2.24) is 4.90 Å². The van der Waals surface area contributed by atoms with E-state index in [0.717, 1.165) is 32.2 Å².